The minimum Gasteiger partial charge on any atom is -0.447 e. The maximum absolute atomic E-state index is 13.1. The summed E-state index contributed by atoms with van der Waals surface area (Å²) < 4.78 is 49.9. The van der Waals surface area contributed by atoms with Crippen LogP contribution in [0.1, 0.15) is 17.2 Å². The number of amides is 1. The normalized spacial score (nSPS) is 16.5. The van der Waals surface area contributed by atoms with Gasteiger partial charge in [0.1, 0.15) is 12.4 Å². The van der Waals surface area contributed by atoms with Crippen LogP contribution in [0.4, 0.5) is 23.7 Å². The number of ether oxygens (including phenoxy) is 2. The lowest BCUT2D eigenvalue weighted by Gasteiger charge is -2.22. The van der Waals surface area contributed by atoms with Gasteiger partial charge >= 0.3 is 12.3 Å². The van der Waals surface area contributed by atoms with Gasteiger partial charge in [0, 0.05) is 11.1 Å². The molecule has 154 valence electrons. The predicted molar refractivity (Wildman–Crippen MR) is 104 cm³/mol. The standard InChI is InChI=1S/C21H14ClF3N2O3/c22-15-4-7-17(8-5-15)30-19-9-6-16(11-26-19)27-18(12-29-20(27)28)13-2-1-3-14(10-13)21(23,24)25/h1-11,18H,12H2. The van der Waals surface area contributed by atoms with E-state index >= 15 is 0 Å². The molecule has 1 saturated heterocycles. The van der Waals surface area contributed by atoms with Gasteiger partial charge in [-0.3, -0.25) is 4.90 Å². The highest BCUT2D eigenvalue weighted by Gasteiger charge is 2.37. The molecule has 0 aliphatic carbocycles. The van der Waals surface area contributed by atoms with Gasteiger partial charge in [0.05, 0.1) is 23.5 Å². The third-order valence-corrected chi connectivity index (χ3v) is 4.76. The molecular weight excluding hydrogens is 421 g/mol. The molecule has 1 amide bonds. The predicted octanol–water partition coefficient (Wildman–Crippen LogP) is 6.24. The Balaban J connectivity index is 1.57. The molecule has 1 atom stereocenters. The van der Waals surface area contributed by atoms with E-state index in [0.717, 1.165) is 12.1 Å². The molecule has 0 bridgehead atoms. The molecule has 0 spiro atoms. The Morgan fingerprint density at radius 3 is 2.53 bits per heavy atom. The van der Waals surface area contributed by atoms with E-state index in [9.17, 15) is 18.0 Å². The van der Waals surface area contributed by atoms with Gasteiger partial charge in [-0.25, -0.2) is 9.78 Å². The second-order valence-corrected chi connectivity index (χ2v) is 6.93. The Hall–Kier alpha value is -3.26. The summed E-state index contributed by atoms with van der Waals surface area (Å²) in [7, 11) is 0. The first-order chi connectivity index (χ1) is 14.3. The first-order valence-corrected chi connectivity index (χ1v) is 9.22. The van der Waals surface area contributed by atoms with Crippen molar-refractivity contribution in [2.75, 3.05) is 11.5 Å². The molecule has 30 heavy (non-hydrogen) atoms. The number of hydrogen-bond acceptors (Lipinski definition) is 4. The van der Waals surface area contributed by atoms with E-state index in [0.29, 0.717) is 22.0 Å². The van der Waals surface area contributed by atoms with Gasteiger partial charge in [-0.05, 0) is 48.0 Å². The minimum absolute atomic E-state index is 0.0663. The number of rotatable bonds is 4. The highest BCUT2D eigenvalue weighted by Crippen LogP contribution is 2.36. The molecule has 4 rings (SSSR count). The number of carbonyl (C=O) groups is 1. The fourth-order valence-corrected chi connectivity index (χ4v) is 3.20. The molecule has 2 heterocycles. The van der Waals surface area contributed by atoms with Crippen molar-refractivity contribution in [1.82, 2.24) is 4.98 Å². The average molecular weight is 435 g/mol. The number of hydrogen-bond donors (Lipinski definition) is 0. The van der Waals surface area contributed by atoms with Crippen molar-refractivity contribution in [1.29, 1.82) is 0 Å². The SMILES string of the molecule is O=C1OCC(c2cccc(C(F)(F)F)c2)N1c1ccc(Oc2ccc(Cl)cc2)nc1. The zero-order chi connectivity index (χ0) is 21.3. The molecule has 1 aliphatic heterocycles. The second kappa shape index (κ2) is 7.87. The van der Waals surface area contributed by atoms with E-state index in [1.807, 2.05) is 0 Å². The van der Waals surface area contributed by atoms with Gasteiger partial charge in [-0.15, -0.1) is 0 Å². The third kappa shape index (κ3) is 4.18. The summed E-state index contributed by atoms with van der Waals surface area (Å²) >= 11 is 5.84. The number of aromatic nitrogens is 1. The highest BCUT2D eigenvalue weighted by atomic mass is 35.5. The Morgan fingerprint density at radius 1 is 1.10 bits per heavy atom. The van der Waals surface area contributed by atoms with Crippen LogP contribution in [0.3, 0.4) is 0 Å². The smallest absolute Gasteiger partial charge is 0.416 e. The quantitative estimate of drug-likeness (QED) is 0.487. The summed E-state index contributed by atoms with van der Waals surface area (Å²) in [5, 5.41) is 0.568. The molecule has 5 nitrogen and oxygen atoms in total. The van der Waals surface area contributed by atoms with Crippen LogP contribution in [0.5, 0.6) is 11.6 Å². The number of benzene rings is 2. The molecule has 1 aromatic heterocycles. The molecule has 1 unspecified atom stereocenters. The average Bonchev–Trinajstić information content (AvgIpc) is 3.11. The molecule has 0 radical (unpaired) electrons. The van der Waals surface area contributed by atoms with E-state index in [2.05, 4.69) is 4.98 Å². The van der Waals surface area contributed by atoms with E-state index < -0.39 is 23.9 Å². The van der Waals surface area contributed by atoms with Crippen LogP contribution < -0.4 is 9.64 Å². The maximum Gasteiger partial charge on any atom is 0.416 e. The van der Waals surface area contributed by atoms with Crippen molar-refractivity contribution < 1.29 is 27.4 Å². The first kappa shape index (κ1) is 20.0. The lowest BCUT2D eigenvalue weighted by atomic mass is 10.0. The van der Waals surface area contributed by atoms with Crippen LogP contribution in [-0.2, 0) is 10.9 Å². The van der Waals surface area contributed by atoms with Gasteiger partial charge < -0.3 is 9.47 Å². The lowest BCUT2D eigenvalue weighted by Crippen LogP contribution is -2.27. The number of halogens is 4. The monoisotopic (exact) mass is 434 g/mol. The van der Waals surface area contributed by atoms with Gasteiger partial charge in [-0.2, -0.15) is 13.2 Å². The van der Waals surface area contributed by atoms with Crippen LogP contribution in [0.2, 0.25) is 5.02 Å². The largest absolute Gasteiger partial charge is 0.447 e. The van der Waals surface area contributed by atoms with Crippen LogP contribution in [-0.4, -0.2) is 17.7 Å². The summed E-state index contributed by atoms with van der Waals surface area (Å²) in [6.07, 6.45) is -3.74. The van der Waals surface area contributed by atoms with Crippen LogP contribution in [0.25, 0.3) is 0 Å². The van der Waals surface area contributed by atoms with Crippen molar-refractivity contribution in [3.05, 3.63) is 83.0 Å². The van der Waals surface area contributed by atoms with Crippen LogP contribution in [0.15, 0.2) is 66.9 Å². The van der Waals surface area contributed by atoms with E-state index in [-0.39, 0.29) is 12.5 Å². The molecule has 0 saturated carbocycles. The van der Waals surface area contributed by atoms with E-state index in [4.69, 9.17) is 21.1 Å². The van der Waals surface area contributed by atoms with Crippen LogP contribution >= 0.6 is 11.6 Å². The number of nitrogens with zero attached hydrogens (tertiary/aromatic N) is 2. The Bertz CT molecular complexity index is 1060. The molecule has 3 aromatic rings. The zero-order valence-electron chi connectivity index (χ0n) is 15.3. The Kier molecular flexibility index (Phi) is 5.26. The number of carbonyl (C=O) groups excluding carboxylic acids is 1. The van der Waals surface area contributed by atoms with E-state index in [1.54, 1.807) is 36.4 Å². The fraction of sp³-hybridized carbons (Fsp3) is 0.143. The summed E-state index contributed by atoms with van der Waals surface area (Å²) in [4.78, 5) is 17.7. The minimum atomic E-state index is -4.48. The van der Waals surface area contributed by atoms with Crippen molar-refractivity contribution in [3.8, 4) is 11.6 Å². The molecule has 2 aromatic carbocycles. The summed E-state index contributed by atoms with van der Waals surface area (Å²) in [6.45, 7) is -0.0663. The van der Waals surface area contributed by atoms with Crippen molar-refractivity contribution in [2.24, 2.45) is 0 Å². The molecule has 0 N–H and O–H groups in total. The van der Waals surface area contributed by atoms with Crippen molar-refractivity contribution in [3.63, 3.8) is 0 Å². The second-order valence-electron chi connectivity index (χ2n) is 6.50. The Morgan fingerprint density at radius 2 is 1.87 bits per heavy atom. The van der Waals surface area contributed by atoms with E-state index in [1.165, 1.54) is 23.2 Å². The van der Waals surface area contributed by atoms with Gasteiger partial charge in [-0.1, -0.05) is 23.7 Å². The maximum atomic E-state index is 13.1. The van der Waals surface area contributed by atoms with Crippen molar-refractivity contribution >= 4 is 23.4 Å². The fourth-order valence-electron chi connectivity index (χ4n) is 3.07. The lowest BCUT2D eigenvalue weighted by molar-refractivity contribution is -0.137. The molecule has 9 heteroatoms. The topological polar surface area (TPSA) is 51.7 Å². The highest BCUT2D eigenvalue weighted by molar-refractivity contribution is 6.30. The first-order valence-electron chi connectivity index (χ1n) is 8.84. The summed E-state index contributed by atoms with van der Waals surface area (Å²) in [5.74, 6) is 0.811. The van der Waals surface area contributed by atoms with Gasteiger partial charge in [0.15, 0.2) is 0 Å². The van der Waals surface area contributed by atoms with Crippen LogP contribution in [0, 0.1) is 0 Å². The Labute approximate surface area is 174 Å². The van der Waals surface area contributed by atoms with Gasteiger partial charge in [0.25, 0.3) is 0 Å². The summed E-state index contributed by atoms with van der Waals surface area (Å²) in [5.41, 5.74) is -0.0929. The number of alkyl halides is 3. The molecule has 1 aliphatic rings. The zero-order valence-corrected chi connectivity index (χ0v) is 16.0. The molecular formula is C21H14ClF3N2O3. The third-order valence-electron chi connectivity index (χ3n) is 4.51. The number of pyridine rings is 1. The van der Waals surface area contributed by atoms with Gasteiger partial charge in [0.2, 0.25) is 5.88 Å². The molecule has 1 fully saturated rings. The number of anilines is 1. The summed E-state index contributed by atoms with van der Waals surface area (Å²) in [6, 6.07) is 14.0. The number of cyclic esters (lactones) is 1. The van der Waals surface area contributed by atoms with Crippen molar-refractivity contribution in [2.45, 2.75) is 12.2 Å².